The fourth-order valence-electron chi connectivity index (χ4n) is 4.59. The minimum Gasteiger partial charge on any atom is -0.496 e. The van der Waals surface area contributed by atoms with E-state index in [1.807, 2.05) is 31.2 Å². The largest absolute Gasteiger partial charge is 0.496 e. The standard InChI is InChI=1S/C25H29N3O2/c1-17-23(19-10-12-21(13-11-19)27-14-6-7-15-27)24(25(26)29)18(2)28(17)16-20-8-4-5-9-22(20)30-3/h4-5,8-13H,6-7,14-16H2,1-3H3,(H2,26,29). The van der Waals surface area contributed by atoms with E-state index in [9.17, 15) is 4.79 Å². The summed E-state index contributed by atoms with van der Waals surface area (Å²) in [4.78, 5) is 14.8. The van der Waals surface area contributed by atoms with Crippen molar-refractivity contribution in [3.05, 3.63) is 71.0 Å². The predicted octanol–water partition coefficient (Wildman–Crippen LogP) is 4.53. The molecule has 2 N–H and O–H groups in total. The van der Waals surface area contributed by atoms with Gasteiger partial charge in [-0.2, -0.15) is 0 Å². The van der Waals surface area contributed by atoms with E-state index in [2.05, 4.69) is 40.7 Å². The van der Waals surface area contributed by atoms with E-state index in [0.717, 1.165) is 46.9 Å². The maximum atomic E-state index is 12.4. The third-order valence-corrected chi connectivity index (χ3v) is 6.18. The van der Waals surface area contributed by atoms with Crippen LogP contribution in [0.4, 0.5) is 5.69 Å². The molecular weight excluding hydrogens is 374 g/mol. The molecule has 0 bridgehead atoms. The Hall–Kier alpha value is -3.21. The van der Waals surface area contributed by atoms with Crippen LogP contribution in [-0.2, 0) is 6.54 Å². The molecule has 1 amide bonds. The maximum absolute atomic E-state index is 12.4. The summed E-state index contributed by atoms with van der Waals surface area (Å²) in [5.74, 6) is 0.440. The number of nitrogens with zero attached hydrogens (tertiary/aromatic N) is 2. The highest BCUT2D eigenvalue weighted by Gasteiger charge is 2.23. The average molecular weight is 404 g/mol. The molecule has 5 nitrogen and oxygen atoms in total. The molecule has 0 unspecified atom stereocenters. The lowest BCUT2D eigenvalue weighted by Gasteiger charge is -2.18. The molecule has 0 atom stereocenters. The number of amides is 1. The van der Waals surface area contributed by atoms with Crippen LogP contribution in [0.3, 0.4) is 0 Å². The number of carbonyl (C=O) groups is 1. The molecule has 5 heteroatoms. The quantitative estimate of drug-likeness (QED) is 0.658. The number of hydrogen-bond donors (Lipinski definition) is 1. The molecule has 30 heavy (non-hydrogen) atoms. The van der Waals surface area contributed by atoms with Gasteiger partial charge in [0.15, 0.2) is 0 Å². The Balaban J connectivity index is 1.76. The van der Waals surface area contributed by atoms with Crippen molar-refractivity contribution in [3.8, 4) is 16.9 Å². The molecule has 3 aromatic rings. The zero-order valence-electron chi connectivity index (χ0n) is 17.9. The van der Waals surface area contributed by atoms with Crippen molar-refractivity contribution in [2.75, 3.05) is 25.1 Å². The summed E-state index contributed by atoms with van der Waals surface area (Å²) in [6.45, 7) is 6.86. The third kappa shape index (κ3) is 3.56. The highest BCUT2D eigenvalue weighted by Crippen LogP contribution is 2.35. The molecule has 1 aromatic heterocycles. The second-order valence-electron chi connectivity index (χ2n) is 7.92. The van der Waals surface area contributed by atoms with Gasteiger partial charge < -0.3 is 19.9 Å². The summed E-state index contributed by atoms with van der Waals surface area (Å²) < 4.78 is 7.67. The summed E-state index contributed by atoms with van der Waals surface area (Å²) >= 11 is 0. The number of benzene rings is 2. The van der Waals surface area contributed by atoms with Gasteiger partial charge in [-0.25, -0.2) is 0 Å². The number of methoxy groups -OCH3 is 1. The number of ether oxygens (including phenoxy) is 1. The first-order valence-corrected chi connectivity index (χ1v) is 10.5. The van der Waals surface area contributed by atoms with Crippen molar-refractivity contribution in [2.24, 2.45) is 5.73 Å². The minimum atomic E-state index is -0.395. The summed E-state index contributed by atoms with van der Waals surface area (Å²) in [6.07, 6.45) is 2.50. The molecule has 1 fully saturated rings. The Kier molecular flexibility index (Phi) is 5.53. The van der Waals surface area contributed by atoms with Crippen LogP contribution in [0.1, 0.15) is 40.2 Å². The van der Waals surface area contributed by atoms with Gasteiger partial charge in [0.1, 0.15) is 5.75 Å². The molecule has 0 radical (unpaired) electrons. The van der Waals surface area contributed by atoms with Crippen LogP contribution in [0.15, 0.2) is 48.5 Å². The molecular formula is C25H29N3O2. The second kappa shape index (κ2) is 8.27. The lowest BCUT2D eigenvalue weighted by molar-refractivity contribution is 0.1000. The SMILES string of the molecule is COc1ccccc1Cn1c(C)c(C(N)=O)c(-c2ccc(N3CCCC3)cc2)c1C. The van der Waals surface area contributed by atoms with Gasteiger partial charge in [0.05, 0.1) is 19.2 Å². The molecule has 4 rings (SSSR count). The van der Waals surface area contributed by atoms with Crippen LogP contribution in [0.2, 0.25) is 0 Å². The zero-order valence-corrected chi connectivity index (χ0v) is 17.9. The van der Waals surface area contributed by atoms with Crippen LogP contribution in [0.5, 0.6) is 5.75 Å². The van der Waals surface area contributed by atoms with Crippen LogP contribution in [0, 0.1) is 13.8 Å². The Morgan fingerprint density at radius 2 is 1.67 bits per heavy atom. The van der Waals surface area contributed by atoms with E-state index in [0.29, 0.717) is 12.1 Å². The van der Waals surface area contributed by atoms with E-state index in [1.165, 1.54) is 18.5 Å². The van der Waals surface area contributed by atoms with E-state index in [-0.39, 0.29) is 0 Å². The fourth-order valence-corrected chi connectivity index (χ4v) is 4.59. The van der Waals surface area contributed by atoms with E-state index in [1.54, 1.807) is 7.11 Å². The van der Waals surface area contributed by atoms with Crippen LogP contribution in [0.25, 0.3) is 11.1 Å². The maximum Gasteiger partial charge on any atom is 0.251 e. The normalized spacial score (nSPS) is 13.6. The smallest absolute Gasteiger partial charge is 0.251 e. The first-order chi connectivity index (χ1) is 14.5. The first kappa shape index (κ1) is 20.1. The molecule has 156 valence electrons. The van der Waals surface area contributed by atoms with Crippen molar-refractivity contribution in [1.29, 1.82) is 0 Å². The van der Waals surface area contributed by atoms with Crippen molar-refractivity contribution >= 4 is 11.6 Å². The van der Waals surface area contributed by atoms with Crippen LogP contribution in [-0.4, -0.2) is 30.7 Å². The third-order valence-electron chi connectivity index (χ3n) is 6.18. The second-order valence-corrected chi connectivity index (χ2v) is 7.92. The molecule has 1 aliphatic rings. The van der Waals surface area contributed by atoms with E-state index < -0.39 is 5.91 Å². The topological polar surface area (TPSA) is 60.5 Å². The molecule has 1 saturated heterocycles. The minimum absolute atomic E-state index is 0.395. The van der Waals surface area contributed by atoms with Crippen molar-refractivity contribution in [2.45, 2.75) is 33.2 Å². The highest BCUT2D eigenvalue weighted by atomic mass is 16.5. The fraction of sp³-hybridized carbons (Fsp3) is 0.320. The van der Waals surface area contributed by atoms with Crippen LogP contribution < -0.4 is 15.4 Å². The number of rotatable bonds is 6. The van der Waals surface area contributed by atoms with E-state index in [4.69, 9.17) is 10.5 Å². The monoisotopic (exact) mass is 403 g/mol. The zero-order chi connectivity index (χ0) is 21.3. The average Bonchev–Trinajstić information content (AvgIpc) is 3.37. The Morgan fingerprint density at radius 1 is 1.00 bits per heavy atom. The Labute approximate surface area is 178 Å². The van der Waals surface area contributed by atoms with E-state index >= 15 is 0 Å². The molecule has 0 spiro atoms. The number of para-hydroxylation sites is 1. The molecule has 1 aliphatic heterocycles. The molecule has 0 aliphatic carbocycles. The molecule has 2 aromatic carbocycles. The van der Waals surface area contributed by atoms with Crippen LogP contribution >= 0.6 is 0 Å². The molecule has 0 saturated carbocycles. The van der Waals surface area contributed by atoms with Crippen molar-refractivity contribution < 1.29 is 9.53 Å². The number of nitrogens with two attached hydrogens (primary N) is 1. The number of hydrogen-bond acceptors (Lipinski definition) is 3. The highest BCUT2D eigenvalue weighted by molar-refractivity contribution is 6.02. The summed E-state index contributed by atoms with van der Waals surface area (Å²) in [6, 6.07) is 16.5. The lowest BCUT2D eigenvalue weighted by Crippen LogP contribution is -2.17. The first-order valence-electron chi connectivity index (χ1n) is 10.5. The number of aromatic nitrogens is 1. The number of primary amides is 1. The Morgan fingerprint density at radius 3 is 2.30 bits per heavy atom. The lowest BCUT2D eigenvalue weighted by atomic mass is 9.99. The van der Waals surface area contributed by atoms with Gasteiger partial charge in [0, 0.05) is 41.3 Å². The van der Waals surface area contributed by atoms with Gasteiger partial charge in [-0.1, -0.05) is 30.3 Å². The van der Waals surface area contributed by atoms with Crippen molar-refractivity contribution in [3.63, 3.8) is 0 Å². The Bertz CT molecular complexity index is 1060. The van der Waals surface area contributed by atoms with Gasteiger partial charge >= 0.3 is 0 Å². The number of anilines is 1. The van der Waals surface area contributed by atoms with Gasteiger partial charge in [-0.3, -0.25) is 4.79 Å². The van der Waals surface area contributed by atoms with Gasteiger partial charge in [-0.05, 0) is 50.5 Å². The van der Waals surface area contributed by atoms with Crippen molar-refractivity contribution in [1.82, 2.24) is 4.57 Å². The van der Waals surface area contributed by atoms with Gasteiger partial charge in [0.25, 0.3) is 5.91 Å². The number of carbonyl (C=O) groups excluding carboxylic acids is 1. The predicted molar refractivity (Wildman–Crippen MR) is 121 cm³/mol. The van der Waals surface area contributed by atoms with Gasteiger partial charge in [-0.15, -0.1) is 0 Å². The summed E-state index contributed by atoms with van der Waals surface area (Å²) in [5, 5.41) is 0. The summed E-state index contributed by atoms with van der Waals surface area (Å²) in [5.41, 5.74) is 12.6. The summed E-state index contributed by atoms with van der Waals surface area (Å²) in [7, 11) is 1.68. The van der Waals surface area contributed by atoms with Gasteiger partial charge in [0.2, 0.25) is 0 Å². The molecule has 2 heterocycles.